The predicted molar refractivity (Wildman–Crippen MR) is 84.2 cm³/mol. The van der Waals surface area contributed by atoms with Crippen LogP contribution in [0.3, 0.4) is 0 Å². The maximum atomic E-state index is 12.4. The van der Waals surface area contributed by atoms with Crippen LogP contribution in [0.15, 0.2) is 24.3 Å². The van der Waals surface area contributed by atoms with Gasteiger partial charge in [0.25, 0.3) is 5.91 Å². The number of imide groups is 1. The molecule has 0 bridgehead atoms. The van der Waals surface area contributed by atoms with Crippen LogP contribution in [0.5, 0.6) is 0 Å². The van der Waals surface area contributed by atoms with E-state index in [9.17, 15) is 9.59 Å². The molecule has 1 aromatic carbocycles. The first-order chi connectivity index (χ1) is 9.93. The Bertz CT molecular complexity index is 539. The van der Waals surface area contributed by atoms with Gasteiger partial charge in [0.05, 0.1) is 6.42 Å². The summed E-state index contributed by atoms with van der Waals surface area (Å²) in [5, 5.41) is 3.21. The Kier molecular flexibility index (Phi) is 4.66. The van der Waals surface area contributed by atoms with Crippen molar-refractivity contribution in [1.82, 2.24) is 4.90 Å². The number of hydrogen-bond donors (Lipinski definition) is 1. The first-order valence-electron chi connectivity index (χ1n) is 7.66. The molecule has 2 unspecified atom stereocenters. The minimum atomic E-state index is -0.436. The lowest BCUT2D eigenvalue weighted by Gasteiger charge is -2.22. The molecule has 1 N–H and O–H groups in total. The molecule has 0 saturated carbocycles. The molecule has 2 atom stereocenters. The zero-order valence-electron chi connectivity index (χ0n) is 13.2. The summed E-state index contributed by atoms with van der Waals surface area (Å²) in [5.74, 6) is 0.250. The summed E-state index contributed by atoms with van der Waals surface area (Å²) in [7, 11) is 0. The van der Waals surface area contributed by atoms with Gasteiger partial charge in [0, 0.05) is 11.7 Å². The van der Waals surface area contributed by atoms with Crippen molar-refractivity contribution in [3.8, 4) is 0 Å². The molecule has 2 rings (SSSR count). The normalized spacial score (nSPS) is 20.2. The Hall–Kier alpha value is -1.84. The van der Waals surface area contributed by atoms with E-state index in [1.807, 2.05) is 32.0 Å². The third-order valence-corrected chi connectivity index (χ3v) is 4.11. The lowest BCUT2D eigenvalue weighted by molar-refractivity contribution is -0.140. The first kappa shape index (κ1) is 15.5. The average molecular weight is 288 g/mol. The minimum Gasteiger partial charge on any atom is -0.373 e. The van der Waals surface area contributed by atoms with Crippen LogP contribution in [0.4, 0.5) is 5.69 Å². The molecule has 1 aromatic rings. The largest absolute Gasteiger partial charge is 0.373 e. The van der Waals surface area contributed by atoms with Gasteiger partial charge in [-0.15, -0.1) is 0 Å². The summed E-state index contributed by atoms with van der Waals surface area (Å²) in [4.78, 5) is 25.8. The van der Waals surface area contributed by atoms with Gasteiger partial charge in [-0.3, -0.25) is 14.5 Å². The maximum absolute atomic E-state index is 12.4. The van der Waals surface area contributed by atoms with Gasteiger partial charge >= 0.3 is 0 Å². The summed E-state index contributed by atoms with van der Waals surface area (Å²) in [6.45, 7) is 8.16. The second-order valence-electron chi connectivity index (χ2n) is 6.04. The number of likely N-dealkylation sites (tertiary alicyclic amines) is 1. The van der Waals surface area contributed by atoms with Crippen LogP contribution in [0.25, 0.3) is 0 Å². The van der Waals surface area contributed by atoms with Crippen molar-refractivity contribution in [1.29, 1.82) is 0 Å². The Balaban J connectivity index is 2.12. The molecule has 21 heavy (non-hydrogen) atoms. The highest BCUT2D eigenvalue weighted by Gasteiger charge is 2.40. The molecule has 1 saturated heterocycles. The lowest BCUT2D eigenvalue weighted by atomic mass is 10.0. The zero-order chi connectivity index (χ0) is 15.6. The van der Waals surface area contributed by atoms with Crippen LogP contribution in [0.2, 0.25) is 0 Å². The van der Waals surface area contributed by atoms with E-state index in [4.69, 9.17) is 0 Å². The molecule has 1 fully saturated rings. The van der Waals surface area contributed by atoms with Crippen LogP contribution in [0.1, 0.15) is 52.0 Å². The van der Waals surface area contributed by atoms with Crippen molar-refractivity contribution in [2.45, 2.75) is 58.5 Å². The topological polar surface area (TPSA) is 49.4 Å². The number of benzene rings is 1. The molecule has 4 nitrogen and oxygen atoms in total. The fraction of sp³-hybridized carbons (Fsp3) is 0.529. The van der Waals surface area contributed by atoms with Crippen molar-refractivity contribution in [2.24, 2.45) is 0 Å². The number of nitrogens with one attached hydrogen (secondary N) is 1. The number of carbonyl (C=O) groups is 2. The quantitative estimate of drug-likeness (QED) is 0.847. The van der Waals surface area contributed by atoms with Gasteiger partial charge in [0.15, 0.2) is 0 Å². The Labute approximate surface area is 126 Å². The number of nitrogens with zero attached hydrogens (tertiary/aromatic N) is 1. The highest BCUT2D eigenvalue weighted by atomic mass is 16.2. The summed E-state index contributed by atoms with van der Waals surface area (Å²) in [6, 6.07) is 7.57. The molecular weight excluding hydrogens is 264 g/mol. The summed E-state index contributed by atoms with van der Waals surface area (Å²) < 4.78 is 0. The van der Waals surface area contributed by atoms with Gasteiger partial charge in [-0.2, -0.15) is 0 Å². The highest BCUT2D eigenvalue weighted by Crippen LogP contribution is 2.23. The summed E-state index contributed by atoms with van der Waals surface area (Å²) in [6.07, 6.45) is 1.03. The van der Waals surface area contributed by atoms with Gasteiger partial charge in [0.2, 0.25) is 5.91 Å². The van der Waals surface area contributed by atoms with E-state index in [1.54, 1.807) is 0 Å². The molecule has 1 aliphatic rings. The zero-order valence-corrected chi connectivity index (χ0v) is 13.2. The Morgan fingerprint density at radius 2 is 2.00 bits per heavy atom. The van der Waals surface area contributed by atoms with Crippen molar-refractivity contribution < 1.29 is 9.59 Å². The predicted octanol–water partition coefficient (Wildman–Crippen LogP) is 3.15. The second kappa shape index (κ2) is 6.29. The van der Waals surface area contributed by atoms with E-state index < -0.39 is 6.04 Å². The van der Waals surface area contributed by atoms with E-state index in [2.05, 4.69) is 25.2 Å². The molecule has 4 heteroatoms. The molecule has 0 aliphatic carbocycles. The van der Waals surface area contributed by atoms with Crippen molar-refractivity contribution >= 4 is 17.5 Å². The maximum Gasteiger partial charge on any atom is 0.252 e. The second-order valence-corrected chi connectivity index (χ2v) is 6.04. The van der Waals surface area contributed by atoms with Crippen molar-refractivity contribution in [3.05, 3.63) is 29.8 Å². The van der Waals surface area contributed by atoms with Crippen molar-refractivity contribution in [3.63, 3.8) is 0 Å². The van der Waals surface area contributed by atoms with E-state index in [1.165, 1.54) is 10.5 Å². The lowest BCUT2D eigenvalue weighted by Crippen LogP contribution is -2.40. The molecule has 0 spiro atoms. The highest BCUT2D eigenvalue weighted by molar-refractivity contribution is 6.07. The SMILES string of the molecule is CCC(C)N1C(=O)CC(Nc2cccc(C(C)C)c2)C1=O. The van der Waals surface area contributed by atoms with Crippen LogP contribution in [-0.4, -0.2) is 28.8 Å². The van der Waals surface area contributed by atoms with Crippen LogP contribution >= 0.6 is 0 Å². The molecule has 1 heterocycles. The Morgan fingerprint density at radius 3 is 2.62 bits per heavy atom. The molecule has 0 aromatic heterocycles. The number of carbonyl (C=O) groups excluding carboxylic acids is 2. The molecule has 1 aliphatic heterocycles. The van der Waals surface area contributed by atoms with E-state index in [-0.39, 0.29) is 24.3 Å². The van der Waals surface area contributed by atoms with E-state index in [0.717, 1.165) is 12.1 Å². The third kappa shape index (κ3) is 3.26. The fourth-order valence-corrected chi connectivity index (χ4v) is 2.60. The van der Waals surface area contributed by atoms with Gasteiger partial charge in [-0.05, 0) is 37.0 Å². The van der Waals surface area contributed by atoms with E-state index in [0.29, 0.717) is 5.92 Å². The van der Waals surface area contributed by atoms with Crippen molar-refractivity contribution in [2.75, 3.05) is 5.32 Å². The smallest absolute Gasteiger partial charge is 0.252 e. The average Bonchev–Trinajstić information content (AvgIpc) is 2.73. The van der Waals surface area contributed by atoms with Gasteiger partial charge in [-0.25, -0.2) is 0 Å². The molecule has 114 valence electrons. The standard InChI is InChI=1S/C17H24N2O2/c1-5-12(4)19-16(20)10-15(17(19)21)18-14-8-6-7-13(9-14)11(2)3/h6-9,11-12,15,18H,5,10H2,1-4H3. The third-order valence-electron chi connectivity index (χ3n) is 4.11. The summed E-state index contributed by atoms with van der Waals surface area (Å²) >= 11 is 0. The monoisotopic (exact) mass is 288 g/mol. The number of rotatable bonds is 5. The Morgan fingerprint density at radius 1 is 1.29 bits per heavy atom. The van der Waals surface area contributed by atoms with Crippen LogP contribution in [-0.2, 0) is 9.59 Å². The number of amides is 2. The molecular formula is C17H24N2O2. The fourth-order valence-electron chi connectivity index (χ4n) is 2.60. The summed E-state index contributed by atoms with van der Waals surface area (Å²) in [5.41, 5.74) is 2.12. The van der Waals surface area contributed by atoms with Gasteiger partial charge < -0.3 is 5.32 Å². The molecule has 0 radical (unpaired) electrons. The molecule has 2 amide bonds. The van der Waals surface area contributed by atoms with Gasteiger partial charge in [-0.1, -0.05) is 32.9 Å². The van der Waals surface area contributed by atoms with Gasteiger partial charge in [0.1, 0.15) is 6.04 Å². The number of hydrogen-bond acceptors (Lipinski definition) is 3. The van der Waals surface area contributed by atoms with Crippen LogP contribution < -0.4 is 5.32 Å². The van der Waals surface area contributed by atoms with Crippen LogP contribution in [0, 0.1) is 0 Å². The first-order valence-corrected chi connectivity index (χ1v) is 7.66. The number of anilines is 1. The van der Waals surface area contributed by atoms with E-state index >= 15 is 0 Å². The minimum absolute atomic E-state index is 0.0289.